The second kappa shape index (κ2) is 27.5. The molecule has 3 aromatic rings. The minimum atomic E-state index is -1.36. The van der Waals surface area contributed by atoms with Gasteiger partial charge in [-0.2, -0.15) is 0 Å². The van der Waals surface area contributed by atoms with Crippen molar-refractivity contribution in [1.29, 1.82) is 0 Å². The molecule has 21 heteroatoms. The van der Waals surface area contributed by atoms with Crippen LogP contribution in [0.25, 0.3) is 10.9 Å². The van der Waals surface area contributed by atoms with Crippen molar-refractivity contribution < 1.29 is 53.4 Å². The average molecular weight is 1010 g/mol. The zero-order valence-corrected chi connectivity index (χ0v) is 43.2. The highest BCUT2D eigenvalue weighted by molar-refractivity contribution is 5.98. The summed E-state index contributed by atoms with van der Waals surface area (Å²) in [6, 6.07) is 2.53. The fourth-order valence-electron chi connectivity index (χ4n) is 7.58. The number of phenols is 1. The molecule has 0 bridgehead atoms. The fraction of sp³-hybridized carbons (Fsp3) is 0.549. The van der Waals surface area contributed by atoms with Crippen molar-refractivity contribution in [3.05, 3.63) is 65.9 Å². The summed E-state index contributed by atoms with van der Waals surface area (Å²) in [6.45, 7) is 18.3. The zero-order chi connectivity index (χ0) is 54.1. The van der Waals surface area contributed by atoms with E-state index in [0.717, 1.165) is 10.9 Å². The average Bonchev–Trinajstić information content (AvgIpc) is 3.71. The molecule has 0 aliphatic carbocycles. The molecule has 0 unspecified atom stereocenters. The van der Waals surface area contributed by atoms with Gasteiger partial charge in [0.2, 0.25) is 47.3 Å². The summed E-state index contributed by atoms with van der Waals surface area (Å²) in [4.78, 5) is 124. The Morgan fingerprint density at radius 1 is 0.500 bits per heavy atom. The number of carbonyl (C=O) groups is 9. The fourth-order valence-corrected chi connectivity index (χ4v) is 7.58. The number of rotatable bonds is 27. The van der Waals surface area contributed by atoms with Crippen LogP contribution in [0.1, 0.15) is 100 Å². The van der Waals surface area contributed by atoms with Crippen molar-refractivity contribution in [3.8, 4) is 5.75 Å². The highest BCUT2D eigenvalue weighted by atomic mass is 16.4. The largest absolute Gasteiger partial charge is 0.508 e. The number of fused-ring (bicyclic) bond motifs is 1. The SMILES string of the molecule is CC(C)C[C@H](NC(=O)[C@H](Cc1c[nH]c2ccccc12)NC(=O)[C@H](C)NC(=O)[C@H](CC(C)C)NC(=O)[C@@H](N)C(C)C)C(=O)N[C@@H](Cc1ccc(O)cc1)C(=O)N[C@@H](C)C(=O)N[C@@H](C)C(=O)N[C@H](C(=O)O)C(C)C. The number of carboxylic acid groups (broad SMARTS) is 1. The van der Waals surface area contributed by atoms with Gasteiger partial charge in [-0.05, 0) is 86.6 Å². The number of aliphatic carboxylic acids is 1. The minimum absolute atomic E-state index is 0.0180. The van der Waals surface area contributed by atoms with Crippen molar-refractivity contribution in [3.63, 3.8) is 0 Å². The van der Waals surface area contributed by atoms with Crippen molar-refractivity contribution >= 4 is 64.1 Å². The first-order valence-corrected chi connectivity index (χ1v) is 24.4. The molecule has 8 amide bonds. The molecule has 1 aromatic heterocycles. The predicted octanol–water partition coefficient (Wildman–Crippen LogP) is 1.41. The normalized spacial score (nSPS) is 15.2. The molecular formula is C51H76N10O11. The predicted molar refractivity (Wildman–Crippen MR) is 270 cm³/mol. The molecule has 0 saturated carbocycles. The van der Waals surface area contributed by atoms with Gasteiger partial charge in [0.05, 0.1) is 6.04 Å². The van der Waals surface area contributed by atoms with Crippen LogP contribution < -0.4 is 48.3 Å². The van der Waals surface area contributed by atoms with E-state index in [-0.39, 0.29) is 49.2 Å². The maximum Gasteiger partial charge on any atom is 0.326 e. The van der Waals surface area contributed by atoms with Crippen LogP contribution >= 0.6 is 0 Å². The third kappa shape index (κ3) is 18.3. The lowest BCUT2D eigenvalue weighted by atomic mass is 9.99. The highest BCUT2D eigenvalue weighted by Crippen LogP contribution is 2.20. The molecule has 9 atom stereocenters. The molecule has 396 valence electrons. The molecule has 0 saturated heterocycles. The molecule has 1 heterocycles. The van der Waals surface area contributed by atoms with Crippen molar-refractivity contribution in [2.75, 3.05) is 0 Å². The lowest BCUT2D eigenvalue weighted by Gasteiger charge is -2.28. The minimum Gasteiger partial charge on any atom is -0.508 e. The van der Waals surface area contributed by atoms with Gasteiger partial charge in [-0.1, -0.05) is 85.7 Å². The van der Waals surface area contributed by atoms with Crippen LogP contribution in [-0.2, 0) is 56.0 Å². The highest BCUT2D eigenvalue weighted by Gasteiger charge is 2.34. The Morgan fingerprint density at radius 3 is 1.43 bits per heavy atom. The Kier molecular flexibility index (Phi) is 22.7. The summed E-state index contributed by atoms with van der Waals surface area (Å²) >= 11 is 0. The second-order valence-corrected chi connectivity index (χ2v) is 20.0. The summed E-state index contributed by atoms with van der Waals surface area (Å²) in [6.07, 6.45) is 1.85. The van der Waals surface area contributed by atoms with E-state index >= 15 is 0 Å². The Bertz CT molecular complexity index is 2370. The quantitative estimate of drug-likeness (QED) is 0.0516. The van der Waals surface area contributed by atoms with E-state index in [4.69, 9.17) is 5.73 Å². The first kappa shape index (κ1) is 59.3. The van der Waals surface area contributed by atoms with Gasteiger partial charge in [0.25, 0.3) is 0 Å². The Balaban J connectivity index is 1.89. The zero-order valence-electron chi connectivity index (χ0n) is 43.2. The molecule has 21 nitrogen and oxygen atoms in total. The summed E-state index contributed by atoms with van der Waals surface area (Å²) in [5.41, 5.74) is 7.99. The van der Waals surface area contributed by atoms with Crippen molar-refractivity contribution in [1.82, 2.24) is 47.5 Å². The molecule has 0 aliphatic heterocycles. The van der Waals surface area contributed by atoms with E-state index in [1.54, 1.807) is 33.9 Å². The topological polar surface area (TPSA) is 332 Å². The van der Waals surface area contributed by atoms with Gasteiger partial charge in [0.15, 0.2) is 0 Å². The van der Waals surface area contributed by atoms with Gasteiger partial charge in [-0.15, -0.1) is 0 Å². The standard InChI is InChI=1S/C51H76N10O11/c1-25(2)20-37(60-50(70)41(52)27(5)6)46(66)56-30(10)44(64)57-40(23-33-24-53-36-15-13-12-14-35(33)36)49(69)58-38(21-26(3)4)48(68)59-39(22-32-16-18-34(62)19-17-32)47(67)55-29(9)43(63)54-31(11)45(65)61-42(28(7)8)51(71)72/h12-19,24-31,37-42,53,62H,20-23,52H2,1-11H3,(H,54,63)(H,55,67)(H,56,66)(H,57,64)(H,58,69)(H,59,68)(H,60,70)(H,61,65)(H,71,72)/t29-,30-,31-,37-,38-,39-,40-,41-,42-/m0/s1. The number of H-pyrrole nitrogens is 1. The first-order chi connectivity index (χ1) is 33.7. The van der Waals surface area contributed by atoms with Crippen LogP contribution in [0.2, 0.25) is 0 Å². The number of amides is 8. The Morgan fingerprint density at radius 2 is 0.917 bits per heavy atom. The molecule has 72 heavy (non-hydrogen) atoms. The van der Waals surface area contributed by atoms with Crippen LogP contribution in [0.15, 0.2) is 54.7 Å². The summed E-state index contributed by atoms with van der Waals surface area (Å²) in [5, 5.41) is 41.2. The van der Waals surface area contributed by atoms with Crippen molar-refractivity contribution in [2.45, 2.75) is 156 Å². The van der Waals surface area contributed by atoms with E-state index < -0.39 is 114 Å². The van der Waals surface area contributed by atoms with Crippen LogP contribution in [0.4, 0.5) is 0 Å². The van der Waals surface area contributed by atoms with Gasteiger partial charge < -0.3 is 63.5 Å². The van der Waals surface area contributed by atoms with Crippen LogP contribution in [-0.4, -0.2) is 123 Å². The number of aromatic amines is 1. The maximum atomic E-state index is 14.5. The number of benzene rings is 2. The van der Waals surface area contributed by atoms with Crippen LogP contribution in [0, 0.1) is 23.7 Å². The van der Waals surface area contributed by atoms with Gasteiger partial charge in [0.1, 0.15) is 54.1 Å². The second-order valence-electron chi connectivity index (χ2n) is 20.0. The number of hydrogen-bond donors (Lipinski definition) is 12. The molecule has 0 fully saturated rings. The number of nitrogens with two attached hydrogens (primary N) is 1. The molecule has 0 radical (unpaired) electrons. The molecule has 0 spiro atoms. The number of aromatic hydroxyl groups is 1. The smallest absolute Gasteiger partial charge is 0.326 e. The number of hydrogen-bond acceptors (Lipinski definition) is 11. The lowest BCUT2D eigenvalue weighted by molar-refractivity contribution is -0.143. The third-order valence-electron chi connectivity index (χ3n) is 11.9. The van der Waals surface area contributed by atoms with E-state index in [9.17, 15) is 53.4 Å². The van der Waals surface area contributed by atoms with Crippen LogP contribution in [0.3, 0.4) is 0 Å². The number of carboxylic acids is 1. The summed E-state index contributed by atoms with van der Waals surface area (Å²) in [5.74, 6) is -7.92. The summed E-state index contributed by atoms with van der Waals surface area (Å²) < 4.78 is 0. The Hall–Kier alpha value is -7.03. The maximum absolute atomic E-state index is 14.5. The van der Waals surface area contributed by atoms with Gasteiger partial charge in [0, 0.05) is 29.9 Å². The number of carbonyl (C=O) groups excluding carboxylic acids is 8. The molecular weight excluding hydrogens is 929 g/mol. The van der Waals surface area contributed by atoms with Gasteiger partial charge in [-0.3, -0.25) is 38.4 Å². The monoisotopic (exact) mass is 1000 g/mol. The van der Waals surface area contributed by atoms with Crippen LogP contribution in [0.5, 0.6) is 5.75 Å². The van der Waals surface area contributed by atoms with E-state index in [0.29, 0.717) is 11.1 Å². The van der Waals surface area contributed by atoms with Gasteiger partial charge in [-0.25, -0.2) is 4.79 Å². The Labute approximate surface area is 421 Å². The van der Waals surface area contributed by atoms with Gasteiger partial charge >= 0.3 is 5.97 Å². The van der Waals surface area contributed by atoms with Crippen molar-refractivity contribution in [2.24, 2.45) is 29.4 Å². The number of nitrogens with one attached hydrogen (secondary N) is 9. The van der Waals surface area contributed by atoms with E-state index in [2.05, 4.69) is 47.5 Å². The van der Waals surface area contributed by atoms with E-state index in [1.165, 1.54) is 45.0 Å². The number of para-hydroxylation sites is 1. The first-order valence-electron chi connectivity index (χ1n) is 24.4. The molecule has 13 N–H and O–H groups in total. The third-order valence-corrected chi connectivity index (χ3v) is 11.9. The van der Waals surface area contributed by atoms with E-state index in [1.807, 2.05) is 52.0 Å². The summed E-state index contributed by atoms with van der Waals surface area (Å²) in [7, 11) is 0. The lowest BCUT2D eigenvalue weighted by Crippen LogP contribution is -2.60. The number of aromatic nitrogens is 1. The molecule has 0 aliphatic rings. The number of phenolic OH excluding ortho intramolecular Hbond substituents is 1. The molecule has 2 aromatic carbocycles. The molecule has 3 rings (SSSR count).